The number of aromatic nitrogens is 2. The van der Waals surface area contributed by atoms with E-state index in [2.05, 4.69) is 20.8 Å². The number of amides is 2. The van der Waals surface area contributed by atoms with Crippen LogP contribution >= 0.6 is 23.1 Å². The largest absolute Gasteiger partial charge is 0.493 e. The highest BCUT2D eigenvalue weighted by Crippen LogP contribution is 2.33. The number of hydrogen-bond acceptors (Lipinski definition) is 8. The lowest BCUT2D eigenvalue weighted by atomic mass is 10.1. The summed E-state index contributed by atoms with van der Waals surface area (Å²) >= 11 is 2.00. The molecule has 0 unspecified atom stereocenters. The lowest BCUT2D eigenvalue weighted by Gasteiger charge is -2.11. The summed E-state index contributed by atoms with van der Waals surface area (Å²) in [4.78, 5) is 24.5. The molecule has 0 radical (unpaired) electrons. The Morgan fingerprint density at radius 3 is 2.45 bits per heavy atom. The minimum absolute atomic E-state index is 0.00612. The van der Waals surface area contributed by atoms with Crippen molar-refractivity contribution in [1.82, 2.24) is 10.2 Å². The first-order valence-corrected chi connectivity index (χ1v) is 11.0. The summed E-state index contributed by atoms with van der Waals surface area (Å²) in [5.74, 6) is -0.312. The van der Waals surface area contributed by atoms with Crippen LogP contribution in [0.5, 0.6) is 11.5 Å². The van der Waals surface area contributed by atoms with Crippen molar-refractivity contribution in [2.24, 2.45) is 0 Å². The first-order chi connectivity index (χ1) is 15.7. The molecule has 3 rings (SSSR count). The number of nitrogens with zero attached hydrogens (tertiary/aromatic N) is 2. The number of thioether (sulfide) groups is 1. The topological polar surface area (TPSA) is 102 Å². The van der Waals surface area contributed by atoms with E-state index in [1.54, 1.807) is 18.2 Å². The van der Waals surface area contributed by atoms with Crippen LogP contribution in [0.1, 0.15) is 15.9 Å². The molecular formula is C20H17F3N4O4S2. The quantitative estimate of drug-likeness (QED) is 0.347. The summed E-state index contributed by atoms with van der Waals surface area (Å²) in [6.45, 7) is 0. The summed E-state index contributed by atoms with van der Waals surface area (Å²) in [6.07, 6.45) is -4.67. The molecule has 0 bridgehead atoms. The van der Waals surface area contributed by atoms with E-state index in [9.17, 15) is 22.8 Å². The van der Waals surface area contributed by atoms with Crippen molar-refractivity contribution in [2.45, 2.75) is 10.5 Å². The number of halogens is 3. The maximum absolute atomic E-state index is 13.1. The molecule has 33 heavy (non-hydrogen) atoms. The first kappa shape index (κ1) is 24.3. The number of methoxy groups -OCH3 is 2. The standard InChI is InChI=1S/C20H17F3N4O4S2/c1-30-14-8-7-11(9-15(14)31-2)24-16(28)10-32-19-27-26-18(33-19)25-17(29)12-5-3-4-6-13(12)20(21,22)23/h3-9H,10H2,1-2H3,(H,24,28)(H,25,26,29). The zero-order valence-electron chi connectivity index (χ0n) is 17.2. The number of benzene rings is 2. The Bertz CT molecular complexity index is 1150. The van der Waals surface area contributed by atoms with Crippen LogP contribution in [0.2, 0.25) is 0 Å². The van der Waals surface area contributed by atoms with Crippen molar-refractivity contribution in [3.05, 3.63) is 53.6 Å². The second-order valence-electron chi connectivity index (χ2n) is 6.28. The molecule has 13 heteroatoms. The van der Waals surface area contributed by atoms with Crippen LogP contribution in [0.4, 0.5) is 24.0 Å². The minimum Gasteiger partial charge on any atom is -0.493 e. The highest BCUT2D eigenvalue weighted by atomic mass is 32.2. The fourth-order valence-electron chi connectivity index (χ4n) is 2.65. The fourth-order valence-corrected chi connectivity index (χ4v) is 4.20. The zero-order chi connectivity index (χ0) is 24.0. The van der Waals surface area contributed by atoms with Gasteiger partial charge < -0.3 is 14.8 Å². The van der Waals surface area contributed by atoms with E-state index in [0.717, 1.165) is 35.2 Å². The van der Waals surface area contributed by atoms with Gasteiger partial charge in [0.1, 0.15) is 0 Å². The molecule has 0 saturated heterocycles. The van der Waals surface area contributed by atoms with Crippen molar-refractivity contribution in [3.8, 4) is 11.5 Å². The second kappa shape index (κ2) is 10.5. The van der Waals surface area contributed by atoms with Crippen LogP contribution in [0, 0.1) is 0 Å². The van der Waals surface area contributed by atoms with Gasteiger partial charge in [-0.15, -0.1) is 10.2 Å². The molecule has 2 N–H and O–H groups in total. The Kier molecular flexibility index (Phi) is 7.76. The SMILES string of the molecule is COc1ccc(NC(=O)CSc2nnc(NC(=O)c3ccccc3C(F)(F)F)s2)cc1OC. The molecule has 8 nitrogen and oxygen atoms in total. The number of carbonyl (C=O) groups is 2. The predicted octanol–water partition coefficient (Wildman–Crippen LogP) is 4.56. The molecule has 3 aromatic rings. The van der Waals surface area contributed by atoms with Crippen LogP contribution in [0.15, 0.2) is 46.8 Å². The van der Waals surface area contributed by atoms with E-state index in [1.165, 1.54) is 26.4 Å². The summed E-state index contributed by atoms with van der Waals surface area (Å²) < 4.78 is 50.0. The monoisotopic (exact) mass is 498 g/mol. The summed E-state index contributed by atoms with van der Waals surface area (Å²) in [7, 11) is 2.98. The van der Waals surface area contributed by atoms with Crippen molar-refractivity contribution in [1.29, 1.82) is 0 Å². The number of alkyl halides is 3. The van der Waals surface area contributed by atoms with Crippen molar-refractivity contribution in [2.75, 3.05) is 30.6 Å². The van der Waals surface area contributed by atoms with E-state index in [-0.39, 0.29) is 16.8 Å². The minimum atomic E-state index is -4.67. The zero-order valence-corrected chi connectivity index (χ0v) is 18.9. The lowest BCUT2D eigenvalue weighted by molar-refractivity contribution is -0.137. The number of ether oxygens (including phenoxy) is 2. The van der Waals surface area contributed by atoms with Gasteiger partial charge >= 0.3 is 6.18 Å². The van der Waals surface area contributed by atoms with Gasteiger partial charge in [0.2, 0.25) is 11.0 Å². The Morgan fingerprint density at radius 1 is 1.03 bits per heavy atom. The van der Waals surface area contributed by atoms with Gasteiger partial charge in [-0.05, 0) is 24.3 Å². The number of nitrogens with one attached hydrogen (secondary N) is 2. The number of anilines is 2. The molecule has 174 valence electrons. The third-order valence-corrected chi connectivity index (χ3v) is 6.07. The van der Waals surface area contributed by atoms with Crippen LogP contribution < -0.4 is 20.1 Å². The fraction of sp³-hybridized carbons (Fsp3) is 0.200. The molecule has 1 heterocycles. The summed E-state index contributed by atoms with van der Waals surface area (Å²) in [6, 6.07) is 9.36. The smallest absolute Gasteiger partial charge is 0.417 e. The van der Waals surface area contributed by atoms with Crippen LogP contribution in [-0.2, 0) is 11.0 Å². The van der Waals surface area contributed by atoms with Gasteiger partial charge in [0.25, 0.3) is 5.91 Å². The molecule has 0 atom stereocenters. The molecule has 2 amide bonds. The van der Waals surface area contributed by atoms with Crippen LogP contribution in [0.25, 0.3) is 0 Å². The lowest BCUT2D eigenvalue weighted by Crippen LogP contribution is -2.18. The van der Waals surface area contributed by atoms with Gasteiger partial charge in [-0.3, -0.25) is 14.9 Å². The molecule has 0 aliphatic carbocycles. The normalized spacial score (nSPS) is 11.1. The van der Waals surface area contributed by atoms with Crippen molar-refractivity contribution < 1.29 is 32.2 Å². The Hall–Kier alpha value is -3.32. The molecule has 2 aromatic carbocycles. The Labute approximate surface area is 194 Å². The van der Waals surface area contributed by atoms with Gasteiger partial charge in [0, 0.05) is 11.8 Å². The maximum atomic E-state index is 13.1. The summed E-state index contributed by atoms with van der Waals surface area (Å²) in [5, 5.41) is 12.6. The van der Waals surface area contributed by atoms with Crippen LogP contribution in [-0.4, -0.2) is 42.0 Å². The average Bonchev–Trinajstić information content (AvgIpc) is 3.24. The second-order valence-corrected chi connectivity index (χ2v) is 8.48. The van der Waals surface area contributed by atoms with Gasteiger partial charge in [0.05, 0.1) is 31.1 Å². The molecule has 0 fully saturated rings. The van der Waals surface area contributed by atoms with E-state index in [4.69, 9.17) is 9.47 Å². The van der Waals surface area contributed by atoms with E-state index >= 15 is 0 Å². The average molecular weight is 499 g/mol. The highest BCUT2D eigenvalue weighted by molar-refractivity contribution is 8.01. The van der Waals surface area contributed by atoms with Crippen LogP contribution in [0.3, 0.4) is 0 Å². The molecule has 1 aromatic heterocycles. The summed E-state index contributed by atoms with van der Waals surface area (Å²) in [5.41, 5.74) is -1.07. The van der Waals surface area contributed by atoms with E-state index < -0.39 is 23.2 Å². The van der Waals surface area contributed by atoms with Gasteiger partial charge in [-0.1, -0.05) is 35.2 Å². The maximum Gasteiger partial charge on any atom is 0.417 e. The number of carbonyl (C=O) groups excluding carboxylic acids is 2. The molecule has 0 saturated carbocycles. The van der Waals surface area contributed by atoms with E-state index in [1.807, 2.05) is 0 Å². The third kappa shape index (κ3) is 6.35. The Morgan fingerprint density at radius 2 is 1.76 bits per heavy atom. The molecule has 0 aliphatic heterocycles. The van der Waals surface area contributed by atoms with Crippen molar-refractivity contribution in [3.63, 3.8) is 0 Å². The molecular weight excluding hydrogens is 481 g/mol. The Balaban J connectivity index is 1.57. The van der Waals surface area contributed by atoms with Gasteiger partial charge in [-0.25, -0.2) is 0 Å². The highest BCUT2D eigenvalue weighted by Gasteiger charge is 2.35. The molecule has 0 spiro atoms. The van der Waals surface area contributed by atoms with Gasteiger partial charge in [0.15, 0.2) is 15.8 Å². The molecule has 0 aliphatic rings. The number of rotatable bonds is 8. The predicted molar refractivity (Wildman–Crippen MR) is 118 cm³/mol. The third-order valence-electron chi connectivity index (χ3n) is 4.10. The van der Waals surface area contributed by atoms with E-state index in [0.29, 0.717) is 21.5 Å². The number of hydrogen-bond donors (Lipinski definition) is 2. The van der Waals surface area contributed by atoms with Crippen molar-refractivity contribution >= 4 is 45.7 Å². The van der Waals surface area contributed by atoms with Gasteiger partial charge in [-0.2, -0.15) is 13.2 Å². The first-order valence-electron chi connectivity index (χ1n) is 9.17.